The van der Waals surface area contributed by atoms with E-state index in [1.54, 1.807) is 12.0 Å². The van der Waals surface area contributed by atoms with Crippen LogP contribution >= 0.6 is 11.3 Å². The Hall–Kier alpha value is -2.57. The van der Waals surface area contributed by atoms with E-state index >= 15 is 0 Å². The minimum Gasteiger partial charge on any atom is -0.383 e. The Balaban J connectivity index is 1.89. The summed E-state index contributed by atoms with van der Waals surface area (Å²) in [6, 6.07) is 15.9. The van der Waals surface area contributed by atoms with Crippen molar-refractivity contribution in [1.29, 1.82) is 0 Å². The molecule has 3 rings (SSSR count). The monoisotopic (exact) mass is 409 g/mol. The van der Waals surface area contributed by atoms with Gasteiger partial charge in [-0.15, -0.1) is 10.2 Å². The van der Waals surface area contributed by atoms with Crippen LogP contribution in [0, 0.1) is 6.92 Å². The molecular weight excluding hydrogens is 382 g/mol. The fourth-order valence-electron chi connectivity index (χ4n) is 2.95. The van der Waals surface area contributed by atoms with Gasteiger partial charge in [-0.05, 0) is 36.1 Å². The summed E-state index contributed by atoms with van der Waals surface area (Å²) in [6.07, 6.45) is 0. The van der Waals surface area contributed by atoms with Crippen LogP contribution in [0.1, 0.15) is 42.3 Å². The van der Waals surface area contributed by atoms with Gasteiger partial charge >= 0.3 is 0 Å². The number of hydrogen-bond donors (Lipinski definition) is 0. The van der Waals surface area contributed by atoms with Crippen LogP contribution in [0.3, 0.4) is 0 Å². The Morgan fingerprint density at radius 3 is 2.45 bits per heavy atom. The topological polar surface area (TPSA) is 55.3 Å². The average molecular weight is 410 g/mol. The van der Waals surface area contributed by atoms with Crippen LogP contribution in [0.4, 0.5) is 5.13 Å². The molecule has 0 saturated carbocycles. The van der Waals surface area contributed by atoms with Gasteiger partial charge in [0.15, 0.2) is 0 Å². The summed E-state index contributed by atoms with van der Waals surface area (Å²) in [5.41, 5.74) is 4.02. The molecule has 6 heteroatoms. The van der Waals surface area contributed by atoms with E-state index in [0.717, 1.165) is 16.1 Å². The molecule has 5 nitrogen and oxygen atoms in total. The molecule has 0 aliphatic heterocycles. The third-order valence-corrected chi connectivity index (χ3v) is 5.67. The molecule has 152 valence electrons. The van der Waals surface area contributed by atoms with Gasteiger partial charge in [0.25, 0.3) is 5.91 Å². The van der Waals surface area contributed by atoms with E-state index in [1.807, 2.05) is 49.4 Å². The van der Waals surface area contributed by atoms with Crippen molar-refractivity contribution in [1.82, 2.24) is 10.2 Å². The Morgan fingerprint density at radius 1 is 1.10 bits per heavy atom. The first-order valence-electron chi connectivity index (χ1n) is 9.61. The second kappa shape index (κ2) is 8.84. The number of aromatic nitrogens is 2. The van der Waals surface area contributed by atoms with Crippen LogP contribution in [0.2, 0.25) is 0 Å². The highest BCUT2D eigenvalue weighted by molar-refractivity contribution is 7.18. The fraction of sp³-hybridized carbons (Fsp3) is 0.348. The Labute approximate surface area is 176 Å². The van der Waals surface area contributed by atoms with Crippen LogP contribution in [0.15, 0.2) is 48.5 Å². The summed E-state index contributed by atoms with van der Waals surface area (Å²) in [5, 5.41) is 9.98. The van der Waals surface area contributed by atoms with Gasteiger partial charge in [-0.1, -0.05) is 68.0 Å². The summed E-state index contributed by atoms with van der Waals surface area (Å²) in [5.74, 6) is -0.102. The van der Waals surface area contributed by atoms with E-state index < -0.39 is 0 Å². The van der Waals surface area contributed by atoms with E-state index in [0.29, 0.717) is 23.8 Å². The SMILES string of the molecule is COCCN(C(=O)c1ccc(C(C)(C)C)cc1)c1nnc(-c2cccc(C)c2)s1. The van der Waals surface area contributed by atoms with Crippen molar-refractivity contribution in [2.75, 3.05) is 25.2 Å². The zero-order valence-corrected chi connectivity index (χ0v) is 18.4. The number of carbonyl (C=O) groups excluding carboxylic acids is 1. The van der Waals surface area contributed by atoms with E-state index in [4.69, 9.17) is 4.74 Å². The smallest absolute Gasteiger partial charge is 0.260 e. The van der Waals surface area contributed by atoms with Gasteiger partial charge in [0.05, 0.1) is 13.2 Å². The zero-order valence-electron chi connectivity index (χ0n) is 17.6. The van der Waals surface area contributed by atoms with Gasteiger partial charge in [-0.2, -0.15) is 0 Å². The summed E-state index contributed by atoms with van der Waals surface area (Å²) in [7, 11) is 1.62. The molecule has 0 unspecified atom stereocenters. The number of aryl methyl sites for hydroxylation is 1. The lowest BCUT2D eigenvalue weighted by Gasteiger charge is -2.21. The second-order valence-corrected chi connectivity index (χ2v) is 8.99. The highest BCUT2D eigenvalue weighted by Gasteiger charge is 2.23. The lowest BCUT2D eigenvalue weighted by atomic mass is 9.86. The Kier molecular flexibility index (Phi) is 6.45. The van der Waals surface area contributed by atoms with Crippen molar-refractivity contribution in [3.63, 3.8) is 0 Å². The number of amides is 1. The third kappa shape index (κ3) is 5.08. The molecule has 2 aromatic carbocycles. The minimum atomic E-state index is -0.102. The van der Waals surface area contributed by atoms with Gasteiger partial charge < -0.3 is 4.74 Å². The van der Waals surface area contributed by atoms with Crippen LogP contribution in [0.5, 0.6) is 0 Å². The number of rotatable bonds is 6. The number of carbonyl (C=O) groups is 1. The molecule has 0 aliphatic carbocycles. The van der Waals surface area contributed by atoms with Crippen molar-refractivity contribution >= 4 is 22.4 Å². The maximum atomic E-state index is 13.2. The van der Waals surface area contributed by atoms with Crippen molar-refractivity contribution in [2.45, 2.75) is 33.1 Å². The maximum absolute atomic E-state index is 13.2. The number of hydrogen-bond acceptors (Lipinski definition) is 5. The molecule has 0 aliphatic rings. The molecule has 0 saturated heterocycles. The molecule has 0 spiro atoms. The molecule has 1 amide bonds. The lowest BCUT2D eigenvalue weighted by molar-refractivity contribution is 0.0975. The molecule has 0 radical (unpaired) electrons. The molecule has 1 heterocycles. The number of ether oxygens (including phenoxy) is 1. The quantitative estimate of drug-likeness (QED) is 0.568. The van der Waals surface area contributed by atoms with E-state index in [2.05, 4.69) is 37.0 Å². The van der Waals surface area contributed by atoms with Gasteiger partial charge in [-0.25, -0.2) is 0 Å². The van der Waals surface area contributed by atoms with E-state index in [-0.39, 0.29) is 11.3 Å². The average Bonchev–Trinajstić information content (AvgIpc) is 3.17. The van der Waals surface area contributed by atoms with Crippen molar-refractivity contribution in [3.05, 3.63) is 65.2 Å². The van der Waals surface area contributed by atoms with Gasteiger partial charge in [0.1, 0.15) is 5.01 Å². The van der Waals surface area contributed by atoms with Crippen molar-refractivity contribution in [3.8, 4) is 10.6 Å². The third-order valence-electron chi connectivity index (χ3n) is 4.67. The standard InChI is InChI=1S/C23H27N3O2S/c1-16-7-6-8-18(15-16)20-24-25-22(29-20)26(13-14-28-5)21(27)17-9-11-19(12-10-17)23(2,3)4/h6-12,15H,13-14H2,1-5H3. The lowest BCUT2D eigenvalue weighted by Crippen LogP contribution is -2.34. The number of anilines is 1. The molecular formula is C23H27N3O2S. The predicted molar refractivity (Wildman–Crippen MR) is 119 cm³/mol. The van der Waals surface area contributed by atoms with Crippen LogP contribution in [-0.2, 0) is 10.2 Å². The molecule has 3 aromatic rings. The molecule has 29 heavy (non-hydrogen) atoms. The van der Waals surface area contributed by atoms with Crippen molar-refractivity contribution in [2.24, 2.45) is 0 Å². The summed E-state index contributed by atoms with van der Waals surface area (Å²) in [4.78, 5) is 14.9. The Morgan fingerprint density at radius 2 is 1.83 bits per heavy atom. The largest absolute Gasteiger partial charge is 0.383 e. The zero-order chi connectivity index (χ0) is 21.0. The first-order chi connectivity index (χ1) is 13.8. The number of nitrogens with zero attached hydrogens (tertiary/aromatic N) is 3. The summed E-state index contributed by atoms with van der Waals surface area (Å²) >= 11 is 1.41. The first kappa shape index (κ1) is 21.1. The van der Waals surface area contributed by atoms with E-state index in [1.165, 1.54) is 16.9 Å². The van der Waals surface area contributed by atoms with Gasteiger partial charge in [0, 0.05) is 18.2 Å². The highest BCUT2D eigenvalue weighted by atomic mass is 32.1. The first-order valence-corrected chi connectivity index (χ1v) is 10.4. The highest BCUT2D eigenvalue weighted by Crippen LogP contribution is 2.30. The van der Waals surface area contributed by atoms with Gasteiger partial charge in [0.2, 0.25) is 5.13 Å². The van der Waals surface area contributed by atoms with Crippen LogP contribution in [-0.4, -0.2) is 36.4 Å². The summed E-state index contributed by atoms with van der Waals surface area (Å²) in [6.45, 7) is 9.35. The van der Waals surface area contributed by atoms with Gasteiger partial charge in [-0.3, -0.25) is 9.69 Å². The molecule has 1 aromatic heterocycles. The van der Waals surface area contributed by atoms with Crippen LogP contribution in [0.25, 0.3) is 10.6 Å². The Bertz CT molecular complexity index is 974. The molecule has 0 atom stereocenters. The summed E-state index contributed by atoms with van der Waals surface area (Å²) < 4.78 is 5.21. The van der Waals surface area contributed by atoms with Crippen LogP contribution < -0.4 is 4.90 Å². The fourth-order valence-corrected chi connectivity index (χ4v) is 3.82. The minimum absolute atomic E-state index is 0.0409. The second-order valence-electron chi connectivity index (χ2n) is 8.04. The normalized spacial score (nSPS) is 11.5. The maximum Gasteiger partial charge on any atom is 0.260 e. The number of benzene rings is 2. The molecule has 0 fully saturated rings. The van der Waals surface area contributed by atoms with E-state index in [9.17, 15) is 4.79 Å². The predicted octanol–water partition coefficient (Wildman–Crippen LogP) is 5.10. The molecule has 0 bridgehead atoms. The van der Waals surface area contributed by atoms with Crippen molar-refractivity contribution < 1.29 is 9.53 Å². The number of methoxy groups -OCH3 is 1. The molecule has 0 N–H and O–H groups in total.